The van der Waals surface area contributed by atoms with Crippen molar-refractivity contribution in [3.63, 3.8) is 0 Å². The third-order valence-electron chi connectivity index (χ3n) is 3.91. The molecule has 0 aliphatic heterocycles. The lowest BCUT2D eigenvalue weighted by molar-refractivity contribution is 0.248. The molecule has 1 nitrogen and oxygen atoms in total. The fraction of sp³-hybridized carbons (Fsp3) is 0.625. The minimum absolute atomic E-state index is 0.420. The first-order chi connectivity index (χ1) is 8.15. The minimum Gasteiger partial charge on any atom is -0.316 e. The summed E-state index contributed by atoms with van der Waals surface area (Å²) in [7, 11) is 0. The fourth-order valence-electron chi connectivity index (χ4n) is 2.46. The van der Waals surface area contributed by atoms with Gasteiger partial charge in [0, 0.05) is 6.54 Å². The first-order valence-electron chi connectivity index (χ1n) is 6.92. The lowest BCUT2D eigenvalue weighted by Crippen LogP contribution is -2.35. The Kier molecular flexibility index (Phi) is 5.70. The van der Waals surface area contributed by atoms with E-state index in [0.29, 0.717) is 5.41 Å². The van der Waals surface area contributed by atoms with Gasteiger partial charge in [0.25, 0.3) is 0 Å². The average Bonchev–Trinajstić information content (AvgIpc) is 2.35. The van der Waals surface area contributed by atoms with E-state index < -0.39 is 0 Å². The zero-order valence-corrected chi connectivity index (χ0v) is 11.8. The first-order valence-corrected chi connectivity index (χ1v) is 6.92. The molecule has 0 heterocycles. The number of hydrogen-bond donors (Lipinski definition) is 1. The maximum Gasteiger partial charge on any atom is 0.00107 e. The summed E-state index contributed by atoms with van der Waals surface area (Å²) >= 11 is 0. The molecule has 0 aromatic heterocycles. The topological polar surface area (TPSA) is 12.0 Å². The van der Waals surface area contributed by atoms with Crippen molar-refractivity contribution in [2.45, 2.75) is 47.0 Å². The molecule has 0 spiro atoms. The van der Waals surface area contributed by atoms with E-state index in [1.54, 1.807) is 0 Å². The molecule has 17 heavy (non-hydrogen) atoms. The van der Waals surface area contributed by atoms with Gasteiger partial charge in [0.2, 0.25) is 0 Å². The Labute approximate surface area is 107 Å². The molecule has 1 aromatic rings. The molecular weight excluding hydrogens is 206 g/mol. The Hall–Kier alpha value is -0.820. The normalized spacial score (nSPS) is 11.8. The van der Waals surface area contributed by atoms with E-state index in [1.165, 1.54) is 30.4 Å². The Balaban J connectivity index is 2.78. The molecule has 0 atom stereocenters. The van der Waals surface area contributed by atoms with Crippen molar-refractivity contribution >= 4 is 0 Å². The van der Waals surface area contributed by atoms with Crippen LogP contribution < -0.4 is 5.32 Å². The standard InChI is InChI=1S/C16H27N/c1-5-16(6-2,13-17-7-3)12-15-10-8-9-14(4)11-15/h8-11,17H,5-7,12-13H2,1-4H3. The summed E-state index contributed by atoms with van der Waals surface area (Å²) in [5.74, 6) is 0. The van der Waals surface area contributed by atoms with Crippen LogP contribution >= 0.6 is 0 Å². The van der Waals surface area contributed by atoms with Gasteiger partial charge in [0.15, 0.2) is 0 Å². The van der Waals surface area contributed by atoms with Gasteiger partial charge in [-0.05, 0) is 43.7 Å². The third-order valence-corrected chi connectivity index (χ3v) is 3.91. The zero-order valence-electron chi connectivity index (χ0n) is 11.8. The van der Waals surface area contributed by atoms with Crippen LogP contribution in [0.4, 0.5) is 0 Å². The van der Waals surface area contributed by atoms with Crippen LogP contribution in [0.2, 0.25) is 0 Å². The summed E-state index contributed by atoms with van der Waals surface area (Å²) in [5.41, 5.74) is 3.27. The minimum atomic E-state index is 0.420. The predicted molar refractivity (Wildman–Crippen MR) is 76.4 cm³/mol. The SMILES string of the molecule is CCNCC(CC)(CC)Cc1cccc(C)c1. The van der Waals surface area contributed by atoms with Crippen molar-refractivity contribution in [3.05, 3.63) is 35.4 Å². The second-order valence-electron chi connectivity index (χ2n) is 5.15. The summed E-state index contributed by atoms with van der Waals surface area (Å²) in [5, 5.41) is 3.53. The number of hydrogen-bond acceptors (Lipinski definition) is 1. The van der Waals surface area contributed by atoms with E-state index in [9.17, 15) is 0 Å². The largest absolute Gasteiger partial charge is 0.316 e. The predicted octanol–water partition coefficient (Wildman–Crippen LogP) is 3.95. The molecule has 0 saturated carbocycles. The van der Waals surface area contributed by atoms with Crippen LogP contribution in [0.25, 0.3) is 0 Å². The number of benzene rings is 1. The van der Waals surface area contributed by atoms with Gasteiger partial charge in [-0.2, -0.15) is 0 Å². The molecule has 0 aliphatic carbocycles. The lowest BCUT2D eigenvalue weighted by Gasteiger charge is -2.32. The second-order valence-corrected chi connectivity index (χ2v) is 5.15. The molecule has 1 heteroatoms. The maximum atomic E-state index is 3.53. The summed E-state index contributed by atoms with van der Waals surface area (Å²) in [6.07, 6.45) is 3.67. The average molecular weight is 233 g/mol. The molecular formula is C16H27N. The lowest BCUT2D eigenvalue weighted by atomic mass is 9.76. The molecule has 96 valence electrons. The molecule has 1 rings (SSSR count). The highest BCUT2D eigenvalue weighted by molar-refractivity contribution is 5.23. The first kappa shape index (κ1) is 14.2. The van der Waals surface area contributed by atoms with Gasteiger partial charge in [0.05, 0.1) is 0 Å². The highest BCUT2D eigenvalue weighted by Crippen LogP contribution is 2.30. The highest BCUT2D eigenvalue weighted by atomic mass is 14.9. The molecule has 0 amide bonds. The van der Waals surface area contributed by atoms with Gasteiger partial charge in [0.1, 0.15) is 0 Å². The van der Waals surface area contributed by atoms with E-state index >= 15 is 0 Å². The van der Waals surface area contributed by atoms with E-state index in [0.717, 1.165) is 13.1 Å². The molecule has 1 aromatic carbocycles. The third kappa shape index (κ3) is 4.16. The highest BCUT2D eigenvalue weighted by Gasteiger charge is 2.25. The molecule has 1 N–H and O–H groups in total. The Morgan fingerprint density at radius 2 is 1.82 bits per heavy atom. The van der Waals surface area contributed by atoms with Crippen molar-refractivity contribution < 1.29 is 0 Å². The number of aryl methyl sites for hydroxylation is 1. The molecule has 0 radical (unpaired) electrons. The fourth-order valence-corrected chi connectivity index (χ4v) is 2.46. The Morgan fingerprint density at radius 1 is 1.12 bits per heavy atom. The summed E-state index contributed by atoms with van der Waals surface area (Å²) in [6.45, 7) is 11.2. The van der Waals surface area contributed by atoms with Gasteiger partial charge in [-0.3, -0.25) is 0 Å². The molecule has 0 bridgehead atoms. The van der Waals surface area contributed by atoms with Gasteiger partial charge in [-0.25, -0.2) is 0 Å². The van der Waals surface area contributed by atoms with Crippen molar-refractivity contribution in [3.8, 4) is 0 Å². The van der Waals surface area contributed by atoms with Gasteiger partial charge in [-0.15, -0.1) is 0 Å². The van der Waals surface area contributed by atoms with Crippen molar-refractivity contribution in [1.82, 2.24) is 5.32 Å². The maximum absolute atomic E-state index is 3.53. The second kappa shape index (κ2) is 6.80. The van der Waals surface area contributed by atoms with Crippen LogP contribution in [0.1, 0.15) is 44.7 Å². The Bertz CT molecular complexity index is 326. The smallest absolute Gasteiger partial charge is 0.00107 e. The molecule has 0 fully saturated rings. The summed E-state index contributed by atoms with van der Waals surface area (Å²) < 4.78 is 0. The van der Waals surface area contributed by atoms with Crippen LogP contribution in [0, 0.1) is 12.3 Å². The number of rotatable bonds is 7. The van der Waals surface area contributed by atoms with Crippen molar-refractivity contribution in [2.75, 3.05) is 13.1 Å². The van der Waals surface area contributed by atoms with Gasteiger partial charge >= 0.3 is 0 Å². The van der Waals surface area contributed by atoms with Crippen LogP contribution in [0.15, 0.2) is 24.3 Å². The van der Waals surface area contributed by atoms with E-state index in [2.05, 4.69) is 57.3 Å². The van der Waals surface area contributed by atoms with Crippen molar-refractivity contribution in [1.29, 1.82) is 0 Å². The molecule has 0 saturated heterocycles. The number of nitrogens with one attached hydrogen (secondary N) is 1. The monoisotopic (exact) mass is 233 g/mol. The van der Waals surface area contributed by atoms with Crippen LogP contribution in [-0.4, -0.2) is 13.1 Å². The van der Waals surface area contributed by atoms with Crippen LogP contribution in [-0.2, 0) is 6.42 Å². The van der Waals surface area contributed by atoms with Gasteiger partial charge in [-0.1, -0.05) is 50.6 Å². The van der Waals surface area contributed by atoms with Crippen LogP contribution in [0.5, 0.6) is 0 Å². The van der Waals surface area contributed by atoms with Crippen LogP contribution in [0.3, 0.4) is 0 Å². The molecule has 0 aliphatic rings. The summed E-state index contributed by atoms with van der Waals surface area (Å²) in [6, 6.07) is 8.94. The van der Waals surface area contributed by atoms with E-state index in [1.807, 2.05) is 0 Å². The molecule has 0 unspecified atom stereocenters. The van der Waals surface area contributed by atoms with E-state index in [4.69, 9.17) is 0 Å². The Morgan fingerprint density at radius 3 is 2.35 bits per heavy atom. The summed E-state index contributed by atoms with van der Waals surface area (Å²) in [4.78, 5) is 0. The zero-order chi connectivity index (χ0) is 12.7. The van der Waals surface area contributed by atoms with Gasteiger partial charge < -0.3 is 5.32 Å². The van der Waals surface area contributed by atoms with E-state index in [-0.39, 0.29) is 0 Å². The quantitative estimate of drug-likeness (QED) is 0.752. The van der Waals surface area contributed by atoms with Crippen molar-refractivity contribution in [2.24, 2.45) is 5.41 Å².